The van der Waals surface area contributed by atoms with E-state index in [2.05, 4.69) is 27.7 Å². The Morgan fingerprint density at radius 1 is 0.737 bits per heavy atom. The first-order valence-corrected chi connectivity index (χ1v) is 8.80. The van der Waals surface area contributed by atoms with Crippen molar-refractivity contribution in [3.63, 3.8) is 0 Å². The SMILES string of the molecule is CCCCCCCCCCC(CCOCC)C(C)C. The minimum atomic E-state index is 0.810. The molecule has 0 amide bonds. The molecule has 0 bridgehead atoms. The van der Waals surface area contributed by atoms with E-state index < -0.39 is 0 Å². The monoisotopic (exact) mass is 270 g/mol. The summed E-state index contributed by atoms with van der Waals surface area (Å²) in [4.78, 5) is 0. The third-order valence-corrected chi connectivity index (χ3v) is 4.21. The Balaban J connectivity index is 3.43. The molecule has 1 atom stereocenters. The molecule has 116 valence electrons. The van der Waals surface area contributed by atoms with Crippen LogP contribution < -0.4 is 0 Å². The lowest BCUT2D eigenvalue weighted by Crippen LogP contribution is -2.12. The zero-order chi connectivity index (χ0) is 14.3. The van der Waals surface area contributed by atoms with Crippen LogP contribution in [0.15, 0.2) is 0 Å². The zero-order valence-corrected chi connectivity index (χ0v) is 14.0. The summed E-state index contributed by atoms with van der Waals surface area (Å²) in [5.74, 6) is 1.68. The molecule has 0 aromatic heterocycles. The molecular weight excluding hydrogens is 232 g/mol. The van der Waals surface area contributed by atoms with Gasteiger partial charge in [-0.3, -0.25) is 0 Å². The van der Waals surface area contributed by atoms with Crippen LogP contribution in [0, 0.1) is 11.8 Å². The Morgan fingerprint density at radius 2 is 1.32 bits per heavy atom. The molecule has 1 unspecified atom stereocenters. The third-order valence-electron chi connectivity index (χ3n) is 4.21. The molecule has 0 saturated heterocycles. The van der Waals surface area contributed by atoms with Crippen molar-refractivity contribution >= 4 is 0 Å². The molecule has 0 heterocycles. The van der Waals surface area contributed by atoms with Gasteiger partial charge in [0.05, 0.1) is 0 Å². The molecule has 1 nitrogen and oxygen atoms in total. The van der Waals surface area contributed by atoms with E-state index in [-0.39, 0.29) is 0 Å². The van der Waals surface area contributed by atoms with E-state index in [1.54, 1.807) is 0 Å². The standard InChI is InChI=1S/C18H38O/c1-5-7-8-9-10-11-12-13-14-18(17(3)4)15-16-19-6-2/h17-18H,5-16H2,1-4H3. The smallest absolute Gasteiger partial charge is 0.0468 e. The summed E-state index contributed by atoms with van der Waals surface area (Å²) in [7, 11) is 0. The maximum Gasteiger partial charge on any atom is 0.0468 e. The van der Waals surface area contributed by atoms with Crippen molar-refractivity contribution in [3.05, 3.63) is 0 Å². The van der Waals surface area contributed by atoms with Crippen molar-refractivity contribution in [1.29, 1.82) is 0 Å². The third kappa shape index (κ3) is 12.7. The number of unbranched alkanes of at least 4 members (excludes halogenated alkanes) is 7. The number of ether oxygens (including phenoxy) is 1. The van der Waals surface area contributed by atoms with E-state index in [0.29, 0.717) is 0 Å². The molecule has 0 aromatic rings. The fourth-order valence-corrected chi connectivity index (χ4v) is 2.73. The van der Waals surface area contributed by atoms with E-state index in [9.17, 15) is 0 Å². The predicted octanol–water partition coefficient (Wildman–Crippen LogP) is 6.22. The van der Waals surface area contributed by atoms with Gasteiger partial charge in [-0.25, -0.2) is 0 Å². The molecule has 0 saturated carbocycles. The Hall–Kier alpha value is -0.0400. The highest BCUT2D eigenvalue weighted by Gasteiger charge is 2.12. The lowest BCUT2D eigenvalue weighted by molar-refractivity contribution is 0.121. The molecule has 1 heteroatoms. The van der Waals surface area contributed by atoms with Gasteiger partial charge in [-0.05, 0) is 25.2 Å². The zero-order valence-electron chi connectivity index (χ0n) is 14.0. The summed E-state index contributed by atoms with van der Waals surface area (Å²) in [6, 6.07) is 0. The number of hydrogen-bond acceptors (Lipinski definition) is 1. The van der Waals surface area contributed by atoms with Crippen LogP contribution in [0.3, 0.4) is 0 Å². The lowest BCUT2D eigenvalue weighted by atomic mass is 9.87. The van der Waals surface area contributed by atoms with Gasteiger partial charge in [-0.15, -0.1) is 0 Å². The van der Waals surface area contributed by atoms with Crippen molar-refractivity contribution < 1.29 is 4.74 Å². The maximum atomic E-state index is 5.50. The van der Waals surface area contributed by atoms with Gasteiger partial charge in [-0.1, -0.05) is 78.6 Å². The molecule has 0 radical (unpaired) electrons. The van der Waals surface area contributed by atoms with E-state index in [1.165, 1.54) is 64.2 Å². The second-order valence-corrected chi connectivity index (χ2v) is 6.25. The highest BCUT2D eigenvalue weighted by Crippen LogP contribution is 2.23. The molecular formula is C18H38O. The van der Waals surface area contributed by atoms with Crippen LogP contribution in [0.1, 0.15) is 91.9 Å². The van der Waals surface area contributed by atoms with Crippen LogP contribution >= 0.6 is 0 Å². The van der Waals surface area contributed by atoms with Gasteiger partial charge in [0.1, 0.15) is 0 Å². The highest BCUT2D eigenvalue weighted by atomic mass is 16.5. The molecule has 0 aliphatic heterocycles. The summed E-state index contributed by atoms with van der Waals surface area (Å²) >= 11 is 0. The molecule has 0 aliphatic rings. The Bertz CT molecular complexity index is 165. The van der Waals surface area contributed by atoms with Gasteiger partial charge in [0.25, 0.3) is 0 Å². The van der Waals surface area contributed by atoms with Crippen LogP contribution in [0.25, 0.3) is 0 Å². The van der Waals surface area contributed by atoms with E-state index >= 15 is 0 Å². The lowest BCUT2D eigenvalue weighted by Gasteiger charge is -2.20. The van der Waals surface area contributed by atoms with E-state index in [1.807, 2.05) is 0 Å². The quantitative estimate of drug-likeness (QED) is 0.341. The number of rotatable bonds is 14. The summed E-state index contributed by atoms with van der Waals surface area (Å²) in [6.07, 6.45) is 14.1. The van der Waals surface area contributed by atoms with Crippen LogP contribution in [-0.4, -0.2) is 13.2 Å². The predicted molar refractivity (Wildman–Crippen MR) is 86.7 cm³/mol. The van der Waals surface area contributed by atoms with Gasteiger partial charge in [-0.2, -0.15) is 0 Å². The molecule has 0 N–H and O–H groups in total. The van der Waals surface area contributed by atoms with Gasteiger partial charge in [0.15, 0.2) is 0 Å². The minimum Gasteiger partial charge on any atom is -0.382 e. The molecule has 0 spiro atoms. The van der Waals surface area contributed by atoms with Crippen molar-refractivity contribution in [3.8, 4) is 0 Å². The molecule has 19 heavy (non-hydrogen) atoms. The van der Waals surface area contributed by atoms with Gasteiger partial charge >= 0.3 is 0 Å². The van der Waals surface area contributed by atoms with Gasteiger partial charge < -0.3 is 4.74 Å². The molecule has 0 fully saturated rings. The first-order valence-electron chi connectivity index (χ1n) is 8.80. The molecule has 0 aliphatic carbocycles. The molecule has 0 rings (SSSR count). The normalized spacial score (nSPS) is 13.1. The van der Waals surface area contributed by atoms with Crippen molar-refractivity contribution in [2.45, 2.75) is 91.9 Å². The van der Waals surface area contributed by atoms with Crippen molar-refractivity contribution in [2.75, 3.05) is 13.2 Å². The average molecular weight is 271 g/mol. The van der Waals surface area contributed by atoms with Crippen molar-refractivity contribution in [1.82, 2.24) is 0 Å². The highest BCUT2D eigenvalue weighted by molar-refractivity contribution is 4.63. The summed E-state index contributed by atoms with van der Waals surface area (Å²) < 4.78 is 5.50. The Kier molecular flexibility index (Phi) is 14.3. The van der Waals surface area contributed by atoms with E-state index in [0.717, 1.165) is 25.0 Å². The topological polar surface area (TPSA) is 9.23 Å². The van der Waals surface area contributed by atoms with E-state index in [4.69, 9.17) is 4.74 Å². The second kappa shape index (κ2) is 14.4. The Morgan fingerprint density at radius 3 is 1.84 bits per heavy atom. The average Bonchev–Trinajstić information content (AvgIpc) is 2.39. The van der Waals surface area contributed by atoms with Crippen LogP contribution in [-0.2, 0) is 4.74 Å². The van der Waals surface area contributed by atoms with Gasteiger partial charge in [0.2, 0.25) is 0 Å². The largest absolute Gasteiger partial charge is 0.382 e. The van der Waals surface area contributed by atoms with Crippen LogP contribution in [0.5, 0.6) is 0 Å². The fraction of sp³-hybridized carbons (Fsp3) is 1.00. The summed E-state index contributed by atoms with van der Waals surface area (Å²) in [5.41, 5.74) is 0. The first-order chi connectivity index (χ1) is 9.22. The summed E-state index contributed by atoms with van der Waals surface area (Å²) in [6.45, 7) is 10.9. The van der Waals surface area contributed by atoms with Crippen molar-refractivity contribution in [2.24, 2.45) is 11.8 Å². The Labute approximate surface area is 122 Å². The maximum absolute atomic E-state index is 5.50. The first kappa shape index (κ1) is 19.0. The number of hydrogen-bond donors (Lipinski definition) is 0. The fourth-order valence-electron chi connectivity index (χ4n) is 2.73. The van der Waals surface area contributed by atoms with Gasteiger partial charge in [0, 0.05) is 13.2 Å². The summed E-state index contributed by atoms with van der Waals surface area (Å²) in [5, 5.41) is 0. The van der Waals surface area contributed by atoms with Crippen LogP contribution in [0.2, 0.25) is 0 Å². The van der Waals surface area contributed by atoms with Crippen LogP contribution in [0.4, 0.5) is 0 Å². The molecule has 0 aromatic carbocycles. The minimum absolute atomic E-state index is 0.810. The second-order valence-electron chi connectivity index (χ2n) is 6.25.